The van der Waals surface area contributed by atoms with Crippen molar-refractivity contribution in [1.29, 1.82) is 0 Å². The first-order valence-electron chi connectivity index (χ1n) is 13.4. The molecule has 5 rings (SSSR count). The van der Waals surface area contributed by atoms with Gasteiger partial charge in [-0.15, -0.1) is 0 Å². The van der Waals surface area contributed by atoms with Gasteiger partial charge < -0.3 is 34.1 Å². The van der Waals surface area contributed by atoms with Crippen molar-refractivity contribution in [2.75, 3.05) is 36.6 Å². The molecule has 1 aromatic heterocycles. The highest BCUT2D eigenvalue weighted by Crippen LogP contribution is 2.44. The number of rotatable bonds is 8. The standard InChI is InChI=1S/C28H38N4O6/c1-17-12-20(15-31(3)27(17)34)26-30-23-13-19(4-5-24(23)32(26)21-6-9-36-10-7-21)14-29-25(18(2)33)28(35)38-22-8-11-37-16-22/h4-5,12-13,15,18,21-22,25-26,29-30,33H,6-11,14,16H2,1-3H3/t18-,22+,25-,26?/m0/s1. The first-order valence-corrected chi connectivity index (χ1v) is 13.4. The molecule has 3 aliphatic rings. The summed E-state index contributed by atoms with van der Waals surface area (Å²) in [5.74, 6) is -0.467. The van der Waals surface area contributed by atoms with Crippen molar-refractivity contribution < 1.29 is 24.1 Å². The van der Waals surface area contributed by atoms with Gasteiger partial charge in [0.25, 0.3) is 5.56 Å². The molecule has 3 N–H and O–H groups in total. The molecule has 2 aromatic rings. The number of esters is 1. The number of ether oxygens (including phenoxy) is 3. The first kappa shape index (κ1) is 26.7. The van der Waals surface area contributed by atoms with Crippen LogP contribution in [0.2, 0.25) is 0 Å². The van der Waals surface area contributed by atoms with Crippen LogP contribution in [0.1, 0.15) is 49.0 Å². The lowest BCUT2D eigenvalue weighted by Crippen LogP contribution is -2.46. The number of aryl methyl sites for hydroxylation is 2. The predicted octanol–water partition coefficient (Wildman–Crippen LogP) is 1.97. The molecule has 0 saturated carbocycles. The number of pyridine rings is 1. The third kappa shape index (κ3) is 5.58. The summed E-state index contributed by atoms with van der Waals surface area (Å²) < 4.78 is 18.1. The minimum atomic E-state index is -0.904. The molecule has 1 unspecified atom stereocenters. The second-order valence-electron chi connectivity index (χ2n) is 10.5. The largest absolute Gasteiger partial charge is 0.459 e. The summed E-state index contributed by atoms with van der Waals surface area (Å²) in [4.78, 5) is 27.5. The second kappa shape index (κ2) is 11.4. The Labute approximate surface area is 222 Å². The van der Waals surface area contributed by atoms with Gasteiger partial charge in [0.05, 0.1) is 30.7 Å². The normalized spacial score (nSPS) is 23.1. The summed E-state index contributed by atoms with van der Waals surface area (Å²) in [5, 5.41) is 17.1. The molecule has 0 bridgehead atoms. The Bertz CT molecular complexity index is 1180. The fourth-order valence-corrected chi connectivity index (χ4v) is 5.59. The number of hydrogen-bond donors (Lipinski definition) is 3. The minimum Gasteiger partial charge on any atom is -0.459 e. The van der Waals surface area contributed by atoms with E-state index >= 15 is 0 Å². The van der Waals surface area contributed by atoms with Crippen molar-refractivity contribution in [3.8, 4) is 0 Å². The van der Waals surface area contributed by atoms with Gasteiger partial charge in [0.2, 0.25) is 0 Å². The average Bonchev–Trinajstić information content (AvgIpc) is 3.55. The molecule has 4 atom stereocenters. The Morgan fingerprint density at radius 3 is 2.66 bits per heavy atom. The van der Waals surface area contributed by atoms with Gasteiger partial charge in [-0.2, -0.15) is 0 Å². The van der Waals surface area contributed by atoms with Crippen molar-refractivity contribution in [1.82, 2.24) is 9.88 Å². The van der Waals surface area contributed by atoms with E-state index in [1.807, 2.05) is 25.3 Å². The van der Waals surface area contributed by atoms with E-state index in [-0.39, 0.29) is 17.8 Å². The van der Waals surface area contributed by atoms with E-state index in [2.05, 4.69) is 27.7 Å². The molecule has 10 heteroatoms. The van der Waals surface area contributed by atoms with Crippen LogP contribution in [0.5, 0.6) is 0 Å². The van der Waals surface area contributed by atoms with E-state index in [1.165, 1.54) is 0 Å². The number of fused-ring (bicyclic) bond motifs is 1. The smallest absolute Gasteiger partial charge is 0.326 e. The van der Waals surface area contributed by atoms with Crippen molar-refractivity contribution >= 4 is 17.3 Å². The summed E-state index contributed by atoms with van der Waals surface area (Å²) in [5.41, 5.74) is 4.81. The lowest BCUT2D eigenvalue weighted by Gasteiger charge is -2.37. The Morgan fingerprint density at radius 1 is 1.21 bits per heavy atom. The molecule has 10 nitrogen and oxygen atoms in total. The van der Waals surface area contributed by atoms with Crippen molar-refractivity contribution in [3.63, 3.8) is 0 Å². The van der Waals surface area contributed by atoms with E-state index in [0.717, 1.165) is 48.6 Å². The van der Waals surface area contributed by atoms with Crippen LogP contribution in [0.3, 0.4) is 0 Å². The molecule has 38 heavy (non-hydrogen) atoms. The van der Waals surface area contributed by atoms with E-state index < -0.39 is 18.1 Å². The van der Waals surface area contributed by atoms with Gasteiger partial charge in [0.15, 0.2) is 0 Å². The number of carbonyl (C=O) groups excluding carboxylic acids is 1. The van der Waals surface area contributed by atoms with Gasteiger partial charge in [0.1, 0.15) is 18.3 Å². The molecule has 0 amide bonds. The average molecular weight is 527 g/mol. The number of anilines is 2. The van der Waals surface area contributed by atoms with E-state index in [1.54, 1.807) is 18.5 Å². The predicted molar refractivity (Wildman–Crippen MR) is 143 cm³/mol. The van der Waals surface area contributed by atoms with Crippen LogP contribution >= 0.6 is 0 Å². The molecule has 4 heterocycles. The molecule has 206 valence electrons. The second-order valence-corrected chi connectivity index (χ2v) is 10.5. The third-order valence-corrected chi connectivity index (χ3v) is 7.63. The number of carbonyl (C=O) groups is 1. The van der Waals surface area contributed by atoms with Gasteiger partial charge in [-0.25, -0.2) is 0 Å². The summed E-state index contributed by atoms with van der Waals surface area (Å²) in [6, 6.07) is 7.67. The molecule has 0 radical (unpaired) electrons. The highest BCUT2D eigenvalue weighted by molar-refractivity contribution is 5.78. The Hall–Kier alpha value is -2.92. The van der Waals surface area contributed by atoms with E-state index in [0.29, 0.717) is 37.8 Å². The molecule has 0 aliphatic carbocycles. The fraction of sp³-hybridized carbons (Fsp3) is 0.571. The molecule has 2 fully saturated rings. The fourth-order valence-electron chi connectivity index (χ4n) is 5.59. The molecule has 2 saturated heterocycles. The first-order chi connectivity index (χ1) is 18.3. The Kier molecular flexibility index (Phi) is 8.04. The van der Waals surface area contributed by atoms with Crippen LogP contribution in [0.25, 0.3) is 0 Å². The van der Waals surface area contributed by atoms with Gasteiger partial charge in [0, 0.05) is 56.6 Å². The van der Waals surface area contributed by atoms with Crippen molar-refractivity contribution in [2.24, 2.45) is 7.05 Å². The summed E-state index contributed by atoms with van der Waals surface area (Å²) in [6.07, 6.45) is 3.15. The third-order valence-electron chi connectivity index (χ3n) is 7.63. The maximum absolute atomic E-state index is 12.7. The number of aliphatic hydroxyl groups excluding tert-OH is 1. The van der Waals surface area contributed by atoms with E-state index in [9.17, 15) is 14.7 Å². The van der Waals surface area contributed by atoms with Crippen LogP contribution in [0.4, 0.5) is 11.4 Å². The summed E-state index contributed by atoms with van der Waals surface area (Å²) in [7, 11) is 1.78. The topological polar surface area (TPSA) is 114 Å². The molecular weight excluding hydrogens is 488 g/mol. The zero-order chi connectivity index (χ0) is 26.8. The Balaban J connectivity index is 1.36. The number of aromatic nitrogens is 1. The van der Waals surface area contributed by atoms with Crippen LogP contribution in [0, 0.1) is 6.92 Å². The van der Waals surface area contributed by atoms with E-state index in [4.69, 9.17) is 14.2 Å². The maximum atomic E-state index is 12.7. The van der Waals surface area contributed by atoms with Gasteiger partial charge >= 0.3 is 5.97 Å². The highest BCUT2D eigenvalue weighted by Gasteiger charge is 2.36. The van der Waals surface area contributed by atoms with Gasteiger partial charge in [-0.05, 0) is 50.5 Å². The summed E-state index contributed by atoms with van der Waals surface area (Å²) in [6.45, 7) is 6.25. The number of nitrogens with one attached hydrogen (secondary N) is 2. The Morgan fingerprint density at radius 2 is 1.97 bits per heavy atom. The van der Waals surface area contributed by atoms with Crippen molar-refractivity contribution in [3.05, 3.63) is 57.5 Å². The zero-order valence-corrected chi connectivity index (χ0v) is 22.3. The monoisotopic (exact) mass is 526 g/mol. The van der Waals surface area contributed by atoms with Crippen LogP contribution in [0.15, 0.2) is 35.3 Å². The van der Waals surface area contributed by atoms with Crippen LogP contribution < -0.4 is 21.1 Å². The highest BCUT2D eigenvalue weighted by atomic mass is 16.6. The maximum Gasteiger partial charge on any atom is 0.326 e. The van der Waals surface area contributed by atoms with Crippen LogP contribution in [-0.2, 0) is 32.6 Å². The van der Waals surface area contributed by atoms with Gasteiger partial charge in [-0.3, -0.25) is 14.9 Å². The molecule has 1 aromatic carbocycles. The van der Waals surface area contributed by atoms with Gasteiger partial charge in [-0.1, -0.05) is 6.07 Å². The number of benzene rings is 1. The lowest BCUT2D eigenvalue weighted by atomic mass is 10.0. The number of nitrogens with zero attached hydrogens (tertiary/aromatic N) is 2. The molecular formula is C28H38N4O6. The minimum absolute atomic E-state index is 0.00175. The SMILES string of the molecule is Cc1cc(C2Nc3cc(CN[C@H](C(=O)O[C@@H]4CCOC4)[C@H](C)O)ccc3N2C2CCOCC2)cn(C)c1=O. The number of aliphatic hydroxyl groups is 1. The molecule has 0 spiro atoms. The van der Waals surface area contributed by atoms with Crippen molar-refractivity contribution in [2.45, 2.75) is 70.1 Å². The lowest BCUT2D eigenvalue weighted by molar-refractivity contribution is -0.154. The molecule has 3 aliphatic heterocycles. The zero-order valence-electron chi connectivity index (χ0n) is 22.3. The van der Waals surface area contributed by atoms with Crippen LogP contribution in [-0.4, -0.2) is 66.4 Å². The number of hydrogen-bond acceptors (Lipinski definition) is 9. The summed E-state index contributed by atoms with van der Waals surface area (Å²) >= 11 is 0. The quantitative estimate of drug-likeness (QED) is 0.444.